The van der Waals surface area contributed by atoms with Crippen LogP contribution in [0.1, 0.15) is 39.2 Å². The Balaban J connectivity index is 1.64. The van der Waals surface area contributed by atoms with Crippen LogP contribution in [0.3, 0.4) is 0 Å². The Morgan fingerprint density at radius 3 is 2.48 bits per heavy atom. The van der Waals surface area contributed by atoms with Crippen LogP contribution in [0.4, 0.5) is 10.2 Å². The molecule has 1 fully saturated rings. The summed E-state index contributed by atoms with van der Waals surface area (Å²) >= 11 is 0. The maximum atomic E-state index is 14.6. The van der Waals surface area contributed by atoms with Crippen molar-refractivity contribution in [1.29, 1.82) is 0 Å². The monoisotopic (exact) mass is 450 g/mol. The highest BCUT2D eigenvalue weighted by Crippen LogP contribution is 2.34. The molecule has 0 radical (unpaired) electrons. The predicted molar refractivity (Wildman–Crippen MR) is 129 cm³/mol. The van der Waals surface area contributed by atoms with Crippen molar-refractivity contribution in [3.05, 3.63) is 47.8 Å². The van der Waals surface area contributed by atoms with E-state index in [1.165, 1.54) is 18.2 Å². The molecule has 2 aromatic carbocycles. The van der Waals surface area contributed by atoms with Crippen molar-refractivity contribution in [3.63, 3.8) is 0 Å². The number of fused-ring (bicyclic) bond motifs is 1. The molecule has 33 heavy (non-hydrogen) atoms. The number of benzene rings is 2. The summed E-state index contributed by atoms with van der Waals surface area (Å²) in [7, 11) is 0. The second-order valence-electron chi connectivity index (χ2n) is 9.95. The normalized spacial score (nSPS) is 14.7. The molecule has 0 spiro atoms. The van der Waals surface area contributed by atoms with Gasteiger partial charge in [-0.05, 0) is 48.6 Å². The topological polar surface area (TPSA) is 69.6 Å². The molecule has 0 aliphatic carbocycles. The largest absolute Gasteiger partial charge is 0.507 e. The number of phenolic OH excluding ortho intramolecular Hbond substituents is 1. The van der Waals surface area contributed by atoms with Crippen LogP contribution in [-0.4, -0.2) is 52.1 Å². The first-order chi connectivity index (χ1) is 15.6. The third-order valence-electron chi connectivity index (χ3n) is 6.07. The van der Waals surface area contributed by atoms with Crippen LogP contribution in [0.15, 0.2) is 36.4 Å². The SMILES string of the molecule is Cc1ccc2c(N3CCN(C(=O)CCC(C)(C)C)CC3)nc(-c3c(O)cccc3F)nc2c1. The summed E-state index contributed by atoms with van der Waals surface area (Å²) in [5, 5.41) is 11.2. The van der Waals surface area contributed by atoms with Gasteiger partial charge in [0.1, 0.15) is 17.4 Å². The molecule has 174 valence electrons. The Bertz CT molecular complexity index is 1160. The van der Waals surface area contributed by atoms with Gasteiger partial charge in [-0.15, -0.1) is 0 Å². The van der Waals surface area contributed by atoms with Gasteiger partial charge in [-0.1, -0.05) is 32.9 Å². The van der Waals surface area contributed by atoms with Crippen molar-refractivity contribution in [1.82, 2.24) is 14.9 Å². The van der Waals surface area contributed by atoms with Crippen molar-refractivity contribution in [2.24, 2.45) is 5.41 Å². The number of carbonyl (C=O) groups is 1. The molecule has 1 aliphatic heterocycles. The molecule has 6 nitrogen and oxygen atoms in total. The Labute approximate surface area is 194 Å². The second-order valence-corrected chi connectivity index (χ2v) is 9.95. The molecule has 0 bridgehead atoms. The van der Waals surface area contributed by atoms with Gasteiger partial charge < -0.3 is 14.9 Å². The maximum Gasteiger partial charge on any atom is 0.222 e. The molecule has 1 saturated heterocycles. The fourth-order valence-electron chi connectivity index (χ4n) is 4.12. The summed E-state index contributed by atoms with van der Waals surface area (Å²) in [5.41, 5.74) is 1.86. The summed E-state index contributed by atoms with van der Waals surface area (Å²) in [4.78, 5) is 26.0. The lowest BCUT2D eigenvalue weighted by molar-refractivity contribution is -0.132. The van der Waals surface area contributed by atoms with E-state index in [1.54, 1.807) is 0 Å². The average molecular weight is 451 g/mol. The lowest BCUT2D eigenvalue weighted by Gasteiger charge is -2.36. The van der Waals surface area contributed by atoms with E-state index < -0.39 is 5.82 Å². The van der Waals surface area contributed by atoms with E-state index in [2.05, 4.69) is 30.7 Å². The van der Waals surface area contributed by atoms with Gasteiger partial charge in [0, 0.05) is 38.0 Å². The van der Waals surface area contributed by atoms with E-state index in [4.69, 9.17) is 4.98 Å². The second kappa shape index (κ2) is 8.96. The van der Waals surface area contributed by atoms with E-state index in [9.17, 15) is 14.3 Å². The summed E-state index contributed by atoms with van der Waals surface area (Å²) in [6.07, 6.45) is 1.41. The van der Waals surface area contributed by atoms with Gasteiger partial charge in [0.2, 0.25) is 5.91 Å². The number of aromatic hydroxyl groups is 1. The molecule has 1 aromatic heterocycles. The number of amides is 1. The van der Waals surface area contributed by atoms with Crippen LogP contribution in [-0.2, 0) is 4.79 Å². The minimum Gasteiger partial charge on any atom is -0.507 e. The molecular weight excluding hydrogens is 419 g/mol. The van der Waals surface area contributed by atoms with Gasteiger partial charge in [-0.25, -0.2) is 14.4 Å². The number of nitrogens with zero attached hydrogens (tertiary/aromatic N) is 4. The van der Waals surface area contributed by atoms with Gasteiger partial charge in [0.25, 0.3) is 0 Å². The molecule has 1 amide bonds. The standard InChI is InChI=1S/C26H31FN4O2/c1-17-8-9-18-20(16-17)28-24(23-19(27)6-5-7-21(23)32)29-25(18)31-14-12-30(13-15-31)22(33)10-11-26(2,3)4/h5-9,16,32H,10-15H2,1-4H3. The molecule has 0 saturated carbocycles. The Hall–Kier alpha value is -3.22. The molecule has 0 unspecified atom stereocenters. The zero-order chi connectivity index (χ0) is 23.8. The highest BCUT2D eigenvalue weighted by Gasteiger charge is 2.25. The van der Waals surface area contributed by atoms with Crippen LogP contribution in [0.2, 0.25) is 0 Å². The van der Waals surface area contributed by atoms with Gasteiger partial charge >= 0.3 is 0 Å². The van der Waals surface area contributed by atoms with Crippen LogP contribution in [0, 0.1) is 18.2 Å². The summed E-state index contributed by atoms with van der Waals surface area (Å²) in [5.74, 6) is 0.274. The first-order valence-electron chi connectivity index (χ1n) is 11.4. The van der Waals surface area contributed by atoms with E-state index in [0.717, 1.165) is 17.4 Å². The molecular formula is C26H31FN4O2. The lowest BCUT2D eigenvalue weighted by atomic mass is 9.90. The van der Waals surface area contributed by atoms with Gasteiger partial charge in [-0.3, -0.25) is 4.79 Å². The number of carbonyl (C=O) groups excluding carboxylic acids is 1. The minimum absolute atomic E-state index is 0.00171. The number of rotatable bonds is 4. The number of halogens is 1. The van der Waals surface area contributed by atoms with E-state index >= 15 is 0 Å². The van der Waals surface area contributed by atoms with E-state index in [1.807, 2.05) is 30.0 Å². The van der Waals surface area contributed by atoms with Crippen molar-refractivity contribution in [3.8, 4) is 17.1 Å². The number of phenols is 1. The molecule has 0 atom stereocenters. The number of anilines is 1. The van der Waals surface area contributed by atoms with E-state index in [0.29, 0.717) is 43.9 Å². The quantitative estimate of drug-likeness (QED) is 0.611. The first-order valence-corrected chi connectivity index (χ1v) is 11.4. The zero-order valence-electron chi connectivity index (χ0n) is 19.7. The Morgan fingerprint density at radius 2 is 1.82 bits per heavy atom. The number of hydrogen-bond acceptors (Lipinski definition) is 5. The van der Waals surface area contributed by atoms with Crippen molar-refractivity contribution in [2.75, 3.05) is 31.1 Å². The third-order valence-corrected chi connectivity index (χ3v) is 6.07. The molecule has 7 heteroatoms. The maximum absolute atomic E-state index is 14.6. The molecule has 1 N–H and O–H groups in total. The number of aryl methyl sites for hydroxylation is 1. The fraction of sp³-hybridized carbons (Fsp3) is 0.423. The van der Waals surface area contributed by atoms with Crippen molar-refractivity contribution >= 4 is 22.6 Å². The number of piperazine rings is 1. The van der Waals surface area contributed by atoms with Crippen LogP contribution in [0.25, 0.3) is 22.3 Å². The van der Waals surface area contributed by atoms with Gasteiger partial charge in [0.05, 0.1) is 11.1 Å². The van der Waals surface area contributed by atoms with Crippen LogP contribution < -0.4 is 4.90 Å². The highest BCUT2D eigenvalue weighted by molar-refractivity contribution is 5.92. The zero-order valence-corrected chi connectivity index (χ0v) is 19.7. The molecule has 3 aromatic rings. The van der Waals surface area contributed by atoms with Crippen LogP contribution >= 0.6 is 0 Å². The molecule has 2 heterocycles. The Morgan fingerprint density at radius 1 is 1.09 bits per heavy atom. The smallest absolute Gasteiger partial charge is 0.222 e. The Kier molecular flexibility index (Phi) is 6.23. The lowest BCUT2D eigenvalue weighted by Crippen LogP contribution is -2.49. The van der Waals surface area contributed by atoms with Crippen LogP contribution in [0.5, 0.6) is 5.75 Å². The third kappa shape index (κ3) is 5.07. The summed E-state index contributed by atoms with van der Waals surface area (Å²) < 4.78 is 14.6. The predicted octanol–water partition coefficient (Wildman–Crippen LogP) is 4.92. The summed E-state index contributed by atoms with van der Waals surface area (Å²) in [6.45, 7) is 10.9. The summed E-state index contributed by atoms with van der Waals surface area (Å²) in [6, 6.07) is 10.1. The molecule has 4 rings (SSSR count). The number of hydrogen-bond donors (Lipinski definition) is 1. The van der Waals surface area contributed by atoms with Gasteiger partial charge in [-0.2, -0.15) is 0 Å². The van der Waals surface area contributed by atoms with E-state index in [-0.39, 0.29) is 28.5 Å². The highest BCUT2D eigenvalue weighted by atomic mass is 19.1. The average Bonchev–Trinajstić information content (AvgIpc) is 2.76. The number of aromatic nitrogens is 2. The molecule has 1 aliphatic rings. The van der Waals surface area contributed by atoms with Crippen molar-refractivity contribution in [2.45, 2.75) is 40.5 Å². The first kappa shape index (κ1) is 23.0. The van der Waals surface area contributed by atoms with Gasteiger partial charge in [0.15, 0.2) is 5.82 Å². The fourth-order valence-corrected chi connectivity index (χ4v) is 4.12. The minimum atomic E-state index is -0.567. The van der Waals surface area contributed by atoms with Crippen molar-refractivity contribution < 1.29 is 14.3 Å².